The van der Waals surface area contributed by atoms with Crippen molar-refractivity contribution in [3.8, 4) is 0 Å². The molecule has 3 N–H and O–H groups in total. The molecule has 0 aliphatic heterocycles. The predicted molar refractivity (Wildman–Crippen MR) is 58.1 cm³/mol. The Labute approximate surface area is 101 Å². The third-order valence-electron chi connectivity index (χ3n) is 2.18. The quantitative estimate of drug-likeness (QED) is 0.632. The fourth-order valence-corrected chi connectivity index (χ4v) is 1.37. The van der Waals surface area contributed by atoms with E-state index in [4.69, 9.17) is 15.6 Å². The van der Waals surface area contributed by atoms with Crippen molar-refractivity contribution < 1.29 is 27.8 Å². The van der Waals surface area contributed by atoms with Crippen LogP contribution in [-0.2, 0) is 11.3 Å². The molecule has 0 aliphatic rings. The number of benzene rings is 1. The molecule has 4 nitrogen and oxygen atoms in total. The third-order valence-corrected chi connectivity index (χ3v) is 2.18. The number of rotatable bonds is 5. The molecule has 0 radical (unpaired) electrons. The average Bonchev–Trinajstić information content (AvgIpc) is 2.22. The molecule has 1 aromatic carbocycles. The molecule has 7 heteroatoms. The Morgan fingerprint density at radius 2 is 2.06 bits per heavy atom. The van der Waals surface area contributed by atoms with Crippen LogP contribution in [0.2, 0.25) is 0 Å². The molecule has 0 aliphatic carbocycles. The van der Waals surface area contributed by atoms with Crippen molar-refractivity contribution in [2.75, 3.05) is 12.3 Å². The second kappa shape index (κ2) is 5.72. The van der Waals surface area contributed by atoms with Crippen LogP contribution in [0.4, 0.5) is 18.9 Å². The lowest BCUT2D eigenvalue weighted by atomic mass is 10.1. The Morgan fingerprint density at radius 3 is 2.61 bits per heavy atom. The normalized spacial score (nSPS) is 11.5. The summed E-state index contributed by atoms with van der Waals surface area (Å²) in [5.74, 6) is -1.23. The van der Waals surface area contributed by atoms with Crippen molar-refractivity contribution in [2.45, 2.75) is 19.2 Å². The van der Waals surface area contributed by atoms with Gasteiger partial charge in [0.1, 0.15) is 0 Å². The van der Waals surface area contributed by atoms with E-state index >= 15 is 0 Å². The molecule has 0 atom stereocenters. The van der Waals surface area contributed by atoms with Gasteiger partial charge < -0.3 is 15.6 Å². The summed E-state index contributed by atoms with van der Waals surface area (Å²) in [6.07, 6.45) is -5.36. The summed E-state index contributed by atoms with van der Waals surface area (Å²) in [5, 5.41) is 8.92. The minimum Gasteiger partial charge on any atom is -0.478 e. The molecule has 1 aromatic rings. The van der Waals surface area contributed by atoms with Crippen LogP contribution in [0.1, 0.15) is 22.3 Å². The number of nitrogens with two attached hydrogens (primary N) is 1. The third kappa shape index (κ3) is 4.25. The zero-order valence-electron chi connectivity index (χ0n) is 9.33. The Balaban J connectivity index is 2.63. The summed E-state index contributed by atoms with van der Waals surface area (Å²) in [7, 11) is 0. The summed E-state index contributed by atoms with van der Waals surface area (Å²) >= 11 is 0. The number of carboxylic acid groups (broad SMARTS) is 1. The van der Waals surface area contributed by atoms with Crippen LogP contribution in [0.3, 0.4) is 0 Å². The van der Waals surface area contributed by atoms with Gasteiger partial charge in [-0.25, -0.2) is 4.79 Å². The maximum absolute atomic E-state index is 11.9. The molecule has 0 aromatic heterocycles. The van der Waals surface area contributed by atoms with E-state index in [0.717, 1.165) is 0 Å². The number of carboxylic acids is 1. The van der Waals surface area contributed by atoms with E-state index in [2.05, 4.69) is 0 Å². The van der Waals surface area contributed by atoms with Crippen molar-refractivity contribution in [1.29, 1.82) is 0 Å². The van der Waals surface area contributed by atoms with E-state index in [9.17, 15) is 18.0 Å². The number of hydrogen-bond donors (Lipinski definition) is 2. The maximum Gasteiger partial charge on any atom is 0.391 e. The van der Waals surface area contributed by atoms with E-state index < -0.39 is 25.2 Å². The van der Waals surface area contributed by atoms with Crippen LogP contribution in [0.25, 0.3) is 0 Å². The van der Waals surface area contributed by atoms with Gasteiger partial charge in [-0.05, 0) is 11.6 Å². The first kappa shape index (κ1) is 14.3. The van der Waals surface area contributed by atoms with Crippen molar-refractivity contribution in [1.82, 2.24) is 0 Å². The van der Waals surface area contributed by atoms with Gasteiger partial charge in [0.15, 0.2) is 0 Å². The number of hydrogen-bond acceptors (Lipinski definition) is 3. The van der Waals surface area contributed by atoms with Crippen LogP contribution >= 0.6 is 0 Å². The Morgan fingerprint density at radius 1 is 1.39 bits per heavy atom. The fraction of sp³-hybridized carbons (Fsp3) is 0.364. The van der Waals surface area contributed by atoms with Gasteiger partial charge in [-0.3, -0.25) is 0 Å². The van der Waals surface area contributed by atoms with Gasteiger partial charge in [0.05, 0.1) is 25.2 Å². The Kier molecular flexibility index (Phi) is 4.55. The second-order valence-corrected chi connectivity index (χ2v) is 3.60. The summed E-state index contributed by atoms with van der Waals surface area (Å²) in [4.78, 5) is 10.9. The van der Waals surface area contributed by atoms with Gasteiger partial charge in [0, 0.05) is 5.69 Å². The zero-order chi connectivity index (χ0) is 13.8. The molecule has 0 spiro atoms. The highest BCUT2D eigenvalue weighted by Crippen LogP contribution is 2.21. The minimum absolute atomic E-state index is 0.0550. The van der Waals surface area contributed by atoms with E-state index in [1.165, 1.54) is 18.2 Å². The number of alkyl halides is 3. The highest BCUT2D eigenvalue weighted by Gasteiger charge is 2.26. The molecule has 0 unspecified atom stereocenters. The summed E-state index contributed by atoms with van der Waals surface area (Å²) in [5.41, 5.74) is 5.65. The molecule has 1 rings (SSSR count). The lowest BCUT2D eigenvalue weighted by molar-refractivity contribution is -0.146. The summed E-state index contributed by atoms with van der Waals surface area (Å²) in [6, 6.07) is 4.38. The van der Waals surface area contributed by atoms with Crippen LogP contribution in [0, 0.1) is 0 Å². The smallest absolute Gasteiger partial charge is 0.391 e. The molecule has 0 fully saturated rings. The number of ether oxygens (including phenoxy) is 1. The molecule has 0 amide bonds. The predicted octanol–water partition coefficient (Wildman–Crippen LogP) is 2.44. The lowest BCUT2D eigenvalue weighted by Gasteiger charge is -2.10. The lowest BCUT2D eigenvalue weighted by Crippen LogP contribution is -2.13. The molecular weight excluding hydrogens is 251 g/mol. The molecule has 0 saturated carbocycles. The average molecular weight is 263 g/mol. The fourth-order valence-electron chi connectivity index (χ4n) is 1.37. The number of anilines is 1. The van der Waals surface area contributed by atoms with Gasteiger partial charge in [-0.2, -0.15) is 13.2 Å². The first-order valence-electron chi connectivity index (χ1n) is 5.06. The number of aromatic carboxylic acids is 1. The van der Waals surface area contributed by atoms with Crippen LogP contribution in [0.5, 0.6) is 0 Å². The van der Waals surface area contributed by atoms with Crippen molar-refractivity contribution in [3.05, 3.63) is 29.3 Å². The Hall–Kier alpha value is -1.76. The van der Waals surface area contributed by atoms with E-state index in [1.807, 2.05) is 0 Å². The molecule has 100 valence electrons. The molecule has 0 saturated heterocycles. The molecular formula is C11H12F3NO3. The van der Waals surface area contributed by atoms with Crippen molar-refractivity contribution in [3.63, 3.8) is 0 Å². The highest BCUT2D eigenvalue weighted by atomic mass is 19.4. The monoisotopic (exact) mass is 263 g/mol. The van der Waals surface area contributed by atoms with Crippen molar-refractivity contribution >= 4 is 11.7 Å². The van der Waals surface area contributed by atoms with Crippen LogP contribution < -0.4 is 5.73 Å². The van der Waals surface area contributed by atoms with E-state index in [-0.39, 0.29) is 23.4 Å². The first-order chi connectivity index (χ1) is 8.31. The number of nitrogen functional groups attached to an aromatic ring is 1. The summed E-state index contributed by atoms with van der Waals surface area (Å²) < 4.78 is 40.4. The SMILES string of the molecule is Nc1cccc(COCCC(F)(F)F)c1C(=O)O. The van der Waals surface area contributed by atoms with Gasteiger partial charge in [0.2, 0.25) is 0 Å². The molecule has 18 heavy (non-hydrogen) atoms. The molecule has 0 heterocycles. The van der Waals surface area contributed by atoms with Crippen LogP contribution in [0.15, 0.2) is 18.2 Å². The first-order valence-corrected chi connectivity index (χ1v) is 5.06. The summed E-state index contributed by atoms with van der Waals surface area (Å²) in [6.45, 7) is -0.736. The largest absolute Gasteiger partial charge is 0.478 e. The maximum atomic E-state index is 11.9. The topological polar surface area (TPSA) is 72.5 Å². The van der Waals surface area contributed by atoms with E-state index in [1.54, 1.807) is 0 Å². The minimum atomic E-state index is -4.29. The second-order valence-electron chi connectivity index (χ2n) is 3.60. The van der Waals surface area contributed by atoms with E-state index in [0.29, 0.717) is 0 Å². The highest BCUT2D eigenvalue weighted by molar-refractivity contribution is 5.95. The van der Waals surface area contributed by atoms with Gasteiger partial charge in [-0.15, -0.1) is 0 Å². The van der Waals surface area contributed by atoms with Crippen molar-refractivity contribution in [2.24, 2.45) is 0 Å². The standard InChI is InChI=1S/C11H12F3NO3/c12-11(13,14)4-5-18-6-7-2-1-3-8(15)9(7)10(16)17/h1-3H,4-6,15H2,(H,16,17). The van der Waals surface area contributed by atoms with Gasteiger partial charge in [-0.1, -0.05) is 12.1 Å². The zero-order valence-corrected chi connectivity index (χ0v) is 9.33. The number of halogens is 3. The van der Waals surface area contributed by atoms with Gasteiger partial charge in [0.25, 0.3) is 0 Å². The van der Waals surface area contributed by atoms with Crippen LogP contribution in [-0.4, -0.2) is 23.9 Å². The Bertz CT molecular complexity index is 432. The molecule has 0 bridgehead atoms. The number of carbonyl (C=O) groups is 1. The van der Waals surface area contributed by atoms with Gasteiger partial charge >= 0.3 is 12.1 Å².